The van der Waals surface area contributed by atoms with Crippen molar-refractivity contribution < 1.29 is 0 Å². The molecule has 4 aliphatic heterocycles. The summed E-state index contributed by atoms with van der Waals surface area (Å²) >= 11 is 0. The minimum atomic E-state index is -0.518. The van der Waals surface area contributed by atoms with Crippen LogP contribution < -0.4 is 31.1 Å². The van der Waals surface area contributed by atoms with E-state index < -0.39 is 5.54 Å². The molecule has 10 aromatic rings. The highest BCUT2D eigenvalue weighted by molar-refractivity contribution is 7.00. The van der Waals surface area contributed by atoms with Crippen molar-refractivity contribution in [1.82, 2.24) is 0 Å². The lowest BCUT2D eigenvalue weighted by atomic mass is 9.33. The molecule has 438 valence electrons. The number of hydrogen-bond acceptors (Lipinski definition) is 4. The van der Waals surface area contributed by atoms with E-state index in [1.54, 1.807) is 0 Å². The number of aryl methyl sites for hydroxylation is 1. The molecule has 10 aromatic carbocycles. The van der Waals surface area contributed by atoms with Gasteiger partial charge >= 0.3 is 0 Å². The number of nitrogens with zero attached hydrogens (tertiary/aromatic N) is 4. The highest BCUT2D eigenvalue weighted by Gasteiger charge is 2.60. The second-order valence-corrected chi connectivity index (χ2v) is 29.2. The van der Waals surface area contributed by atoms with Crippen LogP contribution in [0.25, 0.3) is 39.0 Å². The quantitative estimate of drug-likeness (QED) is 0.149. The summed E-state index contributed by atoms with van der Waals surface area (Å²) in [5, 5.41) is 0. The molecule has 2 unspecified atom stereocenters. The molecule has 5 aliphatic rings. The molecule has 5 heteroatoms. The SMILES string of the molecule is C=C1C=C(c2ccc3c(c2)C2(C)CCc4ccccc4C2(C)N3c2cc3c4c(c2)N(c2ccc(C(C)(C)C)cc2-c2ccccc2)c2ccc(C(C)(C)C)cc2B4c2cc(-c4ccccc4)ccc2N3c2ccc(C(C)(C)C)cc2-c2ccccc2)C=NC1. The van der Waals surface area contributed by atoms with Gasteiger partial charge in [-0.25, -0.2) is 0 Å². The van der Waals surface area contributed by atoms with E-state index in [2.05, 4.69) is 322 Å². The van der Waals surface area contributed by atoms with Crippen molar-refractivity contribution in [2.24, 2.45) is 4.99 Å². The van der Waals surface area contributed by atoms with Gasteiger partial charge in [-0.05, 0) is 191 Å². The van der Waals surface area contributed by atoms with Crippen molar-refractivity contribution in [3.63, 3.8) is 0 Å². The van der Waals surface area contributed by atoms with E-state index in [1.165, 1.54) is 117 Å². The second-order valence-electron chi connectivity index (χ2n) is 29.2. The zero-order valence-electron chi connectivity index (χ0n) is 53.6. The van der Waals surface area contributed by atoms with Crippen LogP contribution in [0.2, 0.25) is 0 Å². The first kappa shape index (κ1) is 56.3. The standard InChI is InChI=1S/C84H79BN4/c1-54-44-61(53-86-52-54)59-32-37-74-69(45-59)83(11)43-42-58-30-22-23-31-68(58)84(83,12)89(74)65-50-77-79-78(51-65)88(73-40-35-63(81(5,6)7)48-67(73)57-28-20-15-21-29-57)76-41-36-64(82(8,9)10)49-71(76)85(79)70-46-60(55-24-16-13-17-25-55)33-38-75(70)87(77)72-39-34-62(80(2,3)4)47-66(72)56-26-18-14-19-27-56/h13-41,44-51,53H,1,42-43,52H2,2-12H3. The van der Waals surface area contributed by atoms with Gasteiger partial charge in [-0.3, -0.25) is 4.99 Å². The van der Waals surface area contributed by atoms with Gasteiger partial charge in [-0.2, -0.15) is 0 Å². The smallest absolute Gasteiger partial charge is 0.252 e. The Morgan fingerprint density at radius 1 is 0.438 bits per heavy atom. The van der Waals surface area contributed by atoms with Gasteiger partial charge in [0.2, 0.25) is 0 Å². The van der Waals surface area contributed by atoms with Gasteiger partial charge < -0.3 is 14.7 Å². The second kappa shape index (κ2) is 20.4. The van der Waals surface area contributed by atoms with E-state index >= 15 is 0 Å². The summed E-state index contributed by atoms with van der Waals surface area (Å²) in [5.74, 6) is 0. The Morgan fingerprint density at radius 2 is 0.921 bits per heavy atom. The fourth-order valence-corrected chi connectivity index (χ4v) is 15.6. The highest BCUT2D eigenvalue weighted by atomic mass is 15.3. The normalized spacial score (nSPS) is 18.2. The Bertz CT molecular complexity index is 4570. The van der Waals surface area contributed by atoms with E-state index in [1.807, 2.05) is 6.21 Å². The van der Waals surface area contributed by atoms with Crippen LogP contribution in [0.4, 0.5) is 45.5 Å². The largest absolute Gasteiger partial charge is 0.330 e. The highest BCUT2D eigenvalue weighted by Crippen LogP contribution is 2.65. The molecule has 4 nitrogen and oxygen atoms in total. The first-order valence-corrected chi connectivity index (χ1v) is 32.1. The van der Waals surface area contributed by atoms with Gasteiger partial charge in [0.15, 0.2) is 0 Å². The molecule has 89 heavy (non-hydrogen) atoms. The van der Waals surface area contributed by atoms with E-state index in [4.69, 9.17) is 4.99 Å². The Labute approximate surface area is 528 Å². The third kappa shape index (κ3) is 8.96. The molecule has 0 fully saturated rings. The zero-order valence-corrected chi connectivity index (χ0v) is 53.6. The topological polar surface area (TPSA) is 22.1 Å². The fraction of sp³-hybridized carbons (Fsp3) is 0.226. The molecule has 0 N–H and O–H groups in total. The number of fused-ring (bicyclic) bond motifs is 9. The summed E-state index contributed by atoms with van der Waals surface area (Å²) in [6.45, 7) is 31.1. The zero-order chi connectivity index (χ0) is 61.5. The van der Waals surface area contributed by atoms with Gasteiger partial charge in [0.1, 0.15) is 0 Å². The van der Waals surface area contributed by atoms with E-state index in [0.29, 0.717) is 6.54 Å². The maximum Gasteiger partial charge on any atom is 0.252 e. The van der Waals surface area contributed by atoms with Crippen molar-refractivity contribution >= 4 is 80.4 Å². The van der Waals surface area contributed by atoms with Crippen molar-refractivity contribution in [3.05, 3.63) is 276 Å². The Balaban J connectivity index is 1.11. The summed E-state index contributed by atoms with van der Waals surface area (Å²) in [4.78, 5) is 12.9. The number of allylic oxidation sites excluding steroid dienone is 1. The molecule has 2 atom stereocenters. The van der Waals surface area contributed by atoms with Crippen LogP contribution in [0.3, 0.4) is 0 Å². The molecule has 0 radical (unpaired) electrons. The summed E-state index contributed by atoms with van der Waals surface area (Å²) in [7, 11) is 0. The summed E-state index contributed by atoms with van der Waals surface area (Å²) in [5.41, 5.74) is 30.7. The molecule has 0 amide bonds. The third-order valence-electron chi connectivity index (χ3n) is 20.7. The number of dihydropyridines is 1. The maximum absolute atomic E-state index is 4.79. The summed E-state index contributed by atoms with van der Waals surface area (Å²) in [6, 6.07) is 84.5. The minimum Gasteiger partial charge on any atom is -0.330 e. The predicted octanol–water partition coefficient (Wildman–Crippen LogP) is 20.0. The first-order valence-electron chi connectivity index (χ1n) is 32.1. The Morgan fingerprint density at radius 3 is 1.48 bits per heavy atom. The lowest BCUT2D eigenvalue weighted by Gasteiger charge is -2.52. The summed E-state index contributed by atoms with van der Waals surface area (Å²) in [6.07, 6.45) is 6.26. The molecule has 4 heterocycles. The van der Waals surface area contributed by atoms with Crippen LogP contribution in [0, 0.1) is 0 Å². The number of anilines is 8. The molecule has 0 saturated heterocycles. The van der Waals surface area contributed by atoms with Gasteiger partial charge in [0, 0.05) is 56.9 Å². The number of hydrogen-bond donors (Lipinski definition) is 0. The summed E-state index contributed by atoms with van der Waals surface area (Å²) < 4.78 is 0. The molecular formula is C84H79BN4. The monoisotopic (exact) mass is 1150 g/mol. The van der Waals surface area contributed by atoms with Crippen molar-refractivity contribution in [2.45, 2.75) is 116 Å². The van der Waals surface area contributed by atoms with Crippen LogP contribution in [0.5, 0.6) is 0 Å². The number of benzene rings is 10. The third-order valence-corrected chi connectivity index (χ3v) is 20.7. The molecule has 0 bridgehead atoms. The number of aliphatic imine (C=N–C) groups is 1. The fourth-order valence-electron chi connectivity index (χ4n) is 15.6. The first-order chi connectivity index (χ1) is 42.7. The van der Waals surface area contributed by atoms with E-state index in [9.17, 15) is 0 Å². The molecule has 0 spiro atoms. The Kier molecular flexibility index (Phi) is 12.9. The lowest BCUT2D eigenvalue weighted by molar-refractivity contribution is 0.245. The average molecular weight is 1160 g/mol. The van der Waals surface area contributed by atoms with Crippen LogP contribution in [0.15, 0.2) is 242 Å². The van der Waals surface area contributed by atoms with E-state index in [-0.39, 0.29) is 28.4 Å². The minimum absolute atomic E-state index is 0.0942. The molecule has 1 aliphatic carbocycles. The maximum atomic E-state index is 4.79. The van der Waals surface area contributed by atoms with Crippen molar-refractivity contribution in [1.29, 1.82) is 0 Å². The molecular weight excluding hydrogens is 1080 g/mol. The van der Waals surface area contributed by atoms with Crippen LogP contribution >= 0.6 is 0 Å². The van der Waals surface area contributed by atoms with Gasteiger partial charge in [0.05, 0.1) is 23.5 Å². The molecule has 0 saturated carbocycles. The molecule has 0 aromatic heterocycles. The van der Waals surface area contributed by atoms with E-state index in [0.717, 1.165) is 41.1 Å². The van der Waals surface area contributed by atoms with Gasteiger partial charge in [-0.15, -0.1) is 0 Å². The lowest BCUT2D eigenvalue weighted by Crippen LogP contribution is -2.61. The number of rotatable bonds is 7. The molecule has 15 rings (SSSR count). The average Bonchev–Trinajstić information content (AvgIpc) is 1.64. The Hall–Kier alpha value is -9.19. The van der Waals surface area contributed by atoms with Gasteiger partial charge in [0.25, 0.3) is 6.71 Å². The van der Waals surface area contributed by atoms with Crippen LogP contribution in [-0.4, -0.2) is 19.5 Å². The van der Waals surface area contributed by atoms with Crippen LogP contribution in [-0.2, 0) is 33.6 Å². The predicted molar refractivity (Wildman–Crippen MR) is 381 cm³/mol. The van der Waals surface area contributed by atoms with Crippen molar-refractivity contribution in [3.8, 4) is 33.4 Å². The van der Waals surface area contributed by atoms with Crippen LogP contribution in [0.1, 0.15) is 122 Å². The van der Waals surface area contributed by atoms with Gasteiger partial charge in [-0.1, -0.05) is 234 Å². The van der Waals surface area contributed by atoms with Crippen molar-refractivity contribution in [2.75, 3.05) is 21.2 Å².